The predicted octanol–water partition coefficient (Wildman–Crippen LogP) is 3.96. The van der Waals surface area contributed by atoms with Crippen molar-refractivity contribution < 1.29 is 24.0 Å². The molecule has 1 amide bonds. The van der Waals surface area contributed by atoms with E-state index in [4.69, 9.17) is 9.47 Å². The minimum Gasteiger partial charge on any atom is -0.483 e. The van der Waals surface area contributed by atoms with E-state index in [-0.39, 0.29) is 23.6 Å². The lowest BCUT2D eigenvalue weighted by Crippen LogP contribution is -2.25. The van der Waals surface area contributed by atoms with Crippen molar-refractivity contribution in [2.45, 2.75) is 13.8 Å². The first-order chi connectivity index (χ1) is 15.8. The van der Waals surface area contributed by atoms with E-state index in [0.29, 0.717) is 11.3 Å². The van der Waals surface area contributed by atoms with Crippen LogP contribution >= 0.6 is 0 Å². The molecule has 0 saturated carbocycles. The first-order valence-corrected chi connectivity index (χ1v) is 9.91. The standard InChI is InChI=1S/C24H21N3O6/c1-16-5-3-6-17(2)23(16)32-15-22(28)26-25-14-18-7-4-8-21(13-18)33-24(29)19-9-11-20(12-10-19)27(30)31/h3-14H,15H2,1-2H3,(H,26,28)/b25-14+. The average Bonchev–Trinajstić information content (AvgIpc) is 2.79. The highest BCUT2D eigenvalue weighted by atomic mass is 16.6. The number of benzene rings is 3. The maximum Gasteiger partial charge on any atom is 0.343 e. The van der Waals surface area contributed by atoms with E-state index in [1.54, 1.807) is 24.3 Å². The fourth-order valence-corrected chi connectivity index (χ4v) is 2.92. The second-order valence-electron chi connectivity index (χ2n) is 7.07. The molecule has 0 radical (unpaired) electrons. The fourth-order valence-electron chi connectivity index (χ4n) is 2.92. The van der Waals surface area contributed by atoms with Crippen LogP contribution in [-0.4, -0.2) is 29.6 Å². The molecular formula is C24H21N3O6. The first kappa shape index (κ1) is 23.1. The second-order valence-corrected chi connectivity index (χ2v) is 7.07. The molecule has 0 atom stereocenters. The van der Waals surface area contributed by atoms with E-state index in [0.717, 1.165) is 11.1 Å². The van der Waals surface area contributed by atoms with Crippen LogP contribution < -0.4 is 14.9 Å². The molecule has 0 bridgehead atoms. The van der Waals surface area contributed by atoms with Gasteiger partial charge < -0.3 is 9.47 Å². The van der Waals surface area contributed by atoms with Crippen molar-refractivity contribution in [2.24, 2.45) is 5.10 Å². The van der Waals surface area contributed by atoms with Gasteiger partial charge in [0.15, 0.2) is 6.61 Å². The lowest BCUT2D eigenvalue weighted by Gasteiger charge is -2.10. The van der Waals surface area contributed by atoms with E-state index in [9.17, 15) is 19.7 Å². The van der Waals surface area contributed by atoms with Crippen LogP contribution in [0.15, 0.2) is 71.8 Å². The molecule has 0 heterocycles. The van der Waals surface area contributed by atoms with Crippen molar-refractivity contribution in [3.63, 3.8) is 0 Å². The number of hydrogen-bond acceptors (Lipinski definition) is 7. The minimum atomic E-state index is -0.657. The number of amides is 1. The highest BCUT2D eigenvalue weighted by Gasteiger charge is 2.12. The zero-order valence-corrected chi connectivity index (χ0v) is 18.0. The van der Waals surface area contributed by atoms with Crippen LogP contribution in [0.4, 0.5) is 5.69 Å². The van der Waals surface area contributed by atoms with Gasteiger partial charge >= 0.3 is 5.97 Å². The topological polar surface area (TPSA) is 120 Å². The number of carbonyl (C=O) groups is 2. The maximum atomic E-state index is 12.3. The third-order valence-electron chi connectivity index (χ3n) is 4.54. The summed E-state index contributed by atoms with van der Waals surface area (Å²) in [4.78, 5) is 34.4. The minimum absolute atomic E-state index is 0.119. The molecule has 0 aromatic heterocycles. The van der Waals surface area contributed by atoms with Gasteiger partial charge in [0.25, 0.3) is 11.6 Å². The molecule has 1 N–H and O–H groups in total. The van der Waals surface area contributed by atoms with Crippen LogP contribution in [0, 0.1) is 24.0 Å². The quantitative estimate of drug-likeness (QED) is 0.183. The number of aryl methyl sites for hydroxylation is 2. The Balaban J connectivity index is 1.54. The smallest absolute Gasteiger partial charge is 0.343 e. The highest BCUT2D eigenvalue weighted by Crippen LogP contribution is 2.22. The van der Waals surface area contributed by atoms with Crippen molar-refractivity contribution in [2.75, 3.05) is 6.61 Å². The number of nitrogens with zero attached hydrogens (tertiary/aromatic N) is 2. The van der Waals surface area contributed by atoms with E-state index in [1.165, 1.54) is 30.5 Å². The Hall–Kier alpha value is -4.53. The van der Waals surface area contributed by atoms with Crippen LogP contribution in [0.2, 0.25) is 0 Å². The summed E-state index contributed by atoms with van der Waals surface area (Å²) < 4.78 is 10.9. The van der Waals surface area contributed by atoms with Gasteiger partial charge in [0.2, 0.25) is 0 Å². The molecule has 168 valence electrons. The van der Waals surface area contributed by atoms with Crippen LogP contribution in [0.5, 0.6) is 11.5 Å². The molecule has 3 aromatic carbocycles. The maximum absolute atomic E-state index is 12.3. The van der Waals surface area contributed by atoms with E-state index < -0.39 is 16.8 Å². The molecule has 0 aliphatic heterocycles. The van der Waals surface area contributed by atoms with Gasteiger partial charge in [-0.3, -0.25) is 14.9 Å². The van der Waals surface area contributed by atoms with Crippen LogP contribution in [0.25, 0.3) is 0 Å². The Bertz CT molecular complexity index is 1180. The predicted molar refractivity (Wildman–Crippen MR) is 122 cm³/mol. The van der Waals surface area contributed by atoms with Crippen LogP contribution in [0.1, 0.15) is 27.0 Å². The molecule has 9 nitrogen and oxygen atoms in total. The second kappa shape index (κ2) is 10.7. The molecule has 0 spiro atoms. The number of esters is 1. The van der Waals surface area contributed by atoms with Crippen LogP contribution in [-0.2, 0) is 4.79 Å². The van der Waals surface area contributed by atoms with Gasteiger partial charge in [-0.05, 0) is 54.8 Å². The molecule has 9 heteroatoms. The monoisotopic (exact) mass is 447 g/mol. The zero-order chi connectivity index (χ0) is 23.8. The first-order valence-electron chi connectivity index (χ1n) is 9.91. The van der Waals surface area contributed by atoms with Gasteiger partial charge in [0.05, 0.1) is 16.7 Å². The van der Waals surface area contributed by atoms with Crippen molar-refractivity contribution in [3.05, 3.63) is 99.1 Å². The van der Waals surface area contributed by atoms with Crippen molar-refractivity contribution in [1.29, 1.82) is 0 Å². The van der Waals surface area contributed by atoms with Gasteiger partial charge in [-0.2, -0.15) is 5.10 Å². The van der Waals surface area contributed by atoms with Crippen molar-refractivity contribution >= 4 is 23.8 Å². The number of nitro groups is 1. The molecule has 0 aliphatic carbocycles. The summed E-state index contributed by atoms with van der Waals surface area (Å²) in [5, 5.41) is 14.6. The molecule has 0 unspecified atom stereocenters. The summed E-state index contributed by atoms with van der Waals surface area (Å²) >= 11 is 0. The molecule has 0 saturated heterocycles. The molecule has 0 aliphatic rings. The highest BCUT2D eigenvalue weighted by molar-refractivity contribution is 5.91. The normalized spacial score (nSPS) is 10.6. The van der Waals surface area contributed by atoms with E-state index in [2.05, 4.69) is 10.5 Å². The Labute approximate surface area is 189 Å². The number of nitrogens with one attached hydrogen (secondary N) is 1. The van der Waals surface area contributed by atoms with Crippen LogP contribution in [0.3, 0.4) is 0 Å². The Morgan fingerprint density at radius 3 is 2.36 bits per heavy atom. The summed E-state index contributed by atoms with van der Waals surface area (Å²) in [5.41, 5.74) is 4.90. The number of carbonyl (C=O) groups excluding carboxylic acids is 2. The Kier molecular flexibility index (Phi) is 7.48. The lowest BCUT2D eigenvalue weighted by atomic mass is 10.1. The fraction of sp³-hybridized carbons (Fsp3) is 0.125. The Morgan fingerprint density at radius 2 is 1.70 bits per heavy atom. The number of hydrazone groups is 1. The molecule has 33 heavy (non-hydrogen) atoms. The largest absolute Gasteiger partial charge is 0.483 e. The zero-order valence-electron chi connectivity index (χ0n) is 18.0. The number of para-hydroxylation sites is 1. The number of non-ortho nitro benzene ring substituents is 1. The van der Waals surface area contributed by atoms with E-state index >= 15 is 0 Å². The summed E-state index contributed by atoms with van der Waals surface area (Å²) in [6.07, 6.45) is 1.40. The molecular weight excluding hydrogens is 426 g/mol. The van der Waals surface area contributed by atoms with Gasteiger partial charge in [-0.1, -0.05) is 30.3 Å². The van der Waals surface area contributed by atoms with Gasteiger partial charge in [-0.25, -0.2) is 10.2 Å². The SMILES string of the molecule is Cc1cccc(C)c1OCC(=O)N/N=C/c1cccc(OC(=O)c2ccc([N+](=O)[O-])cc2)c1. The van der Waals surface area contributed by atoms with Crippen molar-refractivity contribution in [1.82, 2.24) is 5.43 Å². The number of rotatable bonds is 8. The summed E-state index contributed by atoms with van der Waals surface area (Å²) in [7, 11) is 0. The Morgan fingerprint density at radius 1 is 1.03 bits per heavy atom. The van der Waals surface area contributed by atoms with Crippen molar-refractivity contribution in [3.8, 4) is 11.5 Å². The summed E-state index contributed by atoms with van der Waals surface area (Å²) in [5.74, 6) is -0.156. The number of hydrogen-bond donors (Lipinski definition) is 1. The summed E-state index contributed by atoms with van der Waals surface area (Å²) in [6.45, 7) is 3.62. The number of nitro benzene ring substituents is 1. The molecule has 3 aromatic rings. The molecule has 3 rings (SSSR count). The van der Waals surface area contributed by atoms with Gasteiger partial charge in [0, 0.05) is 12.1 Å². The molecule has 0 fully saturated rings. The summed E-state index contributed by atoms with van der Waals surface area (Å²) in [6, 6.07) is 17.3. The number of ether oxygens (including phenoxy) is 2. The lowest BCUT2D eigenvalue weighted by molar-refractivity contribution is -0.384. The average molecular weight is 447 g/mol. The third kappa shape index (κ3) is 6.47. The third-order valence-corrected chi connectivity index (χ3v) is 4.54. The van der Waals surface area contributed by atoms with E-state index in [1.807, 2.05) is 32.0 Å². The van der Waals surface area contributed by atoms with Gasteiger partial charge in [-0.15, -0.1) is 0 Å². The van der Waals surface area contributed by atoms with Gasteiger partial charge in [0.1, 0.15) is 11.5 Å².